The van der Waals surface area contributed by atoms with Crippen molar-refractivity contribution < 1.29 is 9.84 Å². The van der Waals surface area contributed by atoms with E-state index in [-0.39, 0.29) is 0 Å². The summed E-state index contributed by atoms with van der Waals surface area (Å²) in [6.07, 6.45) is 3.53. The molecule has 0 unspecified atom stereocenters. The van der Waals surface area contributed by atoms with Gasteiger partial charge in [0.1, 0.15) is 0 Å². The van der Waals surface area contributed by atoms with E-state index in [4.69, 9.17) is 4.74 Å². The molecule has 25 heavy (non-hydrogen) atoms. The van der Waals surface area contributed by atoms with E-state index in [1.54, 1.807) is 7.11 Å². The average molecular weight is 350 g/mol. The van der Waals surface area contributed by atoms with Crippen LogP contribution in [0.4, 0.5) is 0 Å². The van der Waals surface area contributed by atoms with E-state index >= 15 is 0 Å². The molecule has 0 aromatic heterocycles. The Kier molecular flexibility index (Phi) is 10.2. The van der Waals surface area contributed by atoms with Gasteiger partial charge in [-0.15, -0.1) is 0 Å². The van der Waals surface area contributed by atoms with Gasteiger partial charge in [0.25, 0.3) is 0 Å². The smallest absolute Gasteiger partial charge is 0.191 e. The maximum Gasteiger partial charge on any atom is 0.191 e. The second kappa shape index (κ2) is 11.9. The summed E-state index contributed by atoms with van der Waals surface area (Å²) < 4.78 is 5.26. The first-order valence-electron chi connectivity index (χ1n) is 9.38. The van der Waals surface area contributed by atoms with Crippen LogP contribution in [0.3, 0.4) is 0 Å². The average Bonchev–Trinajstić information content (AvgIpc) is 2.59. The van der Waals surface area contributed by atoms with Crippen LogP contribution >= 0.6 is 0 Å². The molecule has 0 atom stereocenters. The first-order valence-corrected chi connectivity index (χ1v) is 9.38. The molecular weight excluding hydrogens is 314 g/mol. The van der Waals surface area contributed by atoms with Gasteiger partial charge in [-0.05, 0) is 30.9 Å². The van der Waals surface area contributed by atoms with Crippen LogP contribution < -0.4 is 10.6 Å². The zero-order chi connectivity index (χ0) is 18.5. The number of benzene rings is 1. The van der Waals surface area contributed by atoms with Gasteiger partial charge >= 0.3 is 0 Å². The number of nitrogens with one attached hydrogen (secondary N) is 2. The van der Waals surface area contributed by atoms with Crippen LogP contribution in [-0.2, 0) is 17.9 Å². The molecule has 1 aromatic rings. The second-order valence-electron chi connectivity index (χ2n) is 6.47. The predicted molar refractivity (Wildman–Crippen MR) is 105 cm³/mol. The summed E-state index contributed by atoms with van der Waals surface area (Å²) >= 11 is 0. The quantitative estimate of drug-likeness (QED) is 0.424. The third-order valence-electron chi connectivity index (χ3n) is 4.19. The monoisotopic (exact) mass is 349 g/mol. The summed E-state index contributed by atoms with van der Waals surface area (Å²) in [4.78, 5) is 4.68. The van der Waals surface area contributed by atoms with Crippen LogP contribution in [0.1, 0.15) is 57.6 Å². The van der Waals surface area contributed by atoms with Gasteiger partial charge in [0.05, 0.1) is 18.8 Å². The Bertz CT molecular complexity index is 511. The molecule has 0 amide bonds. The second-order valence-corrected chi connectivity index (χ2v) is 6.47. The lowest BCUT2D eigenvalue weighted by Gasteiger charge is -2.28. The van der Waals surface area contributed by atoms with Crippen molar-refractivity contribution in [3.05, 3.63) is 35.4 Å². The van der Waals surface area contributed by atoms with E-state index in [0.29, 0.717) is 19.7 Å². The Morgan fingerprint density at radius 2 is 1.72 bits per heavy atom. The minimum Gasteiger partial charge on any atom is -0.388 e. The van der Waals surface area contributed by atoms with E-state index < -0.39 is 5.60 Å². The molecule has 0 heterocycles. The number of aliphatic hydroxyl groups is 1. The van der Waals surface area contributed by atoms with Crippen molar-refractivity contribution in [2.45, 2.75) is 65.2 Å². The third kappa shape index (κ3) is 7.88. The molecule has 0 fully saturated rings. The molecule has 1 rings (SSSR count). The summed E-state index contributed by atoms with van der Waals surface area (Å²) in [6.45, 7) is 8.71. The fourth-order valence-electron chi connectivity index (χ4n) is 2.99. The molecular formula is C20H35N3O2. The lowest BCUT2D eigenvalue weighted by Crippen LogP contribution is -2.47. The van der Waals surface area contributed by atoms with E-state index in [9.17, 15) is 5.11 Å². The Morgan fingerprint density at radius 3 is 2.28 bits per heavy atom. The molecule has 1 aromatic carbocycles. The standard InChI is InChI=1S/C20H35N3O2/c1-5-12-20(24,13-6-2)16-23-19(21-7-3)22-14-17-10-8-9-11-18(17)15-25-4/h8-11,24H,5-7,12-16H2,1-4H3,(H2,21,22,23). The molecule has 0 aliphatic carbocycles. The van der Waals surface area contributed by atoms with Gasteiger partial charge in [0.2, 0.25) is 0 Å². The molecule has 142 valence electrons. The number of guanidine groups is 1. The number of aliphatic imine (C=N–C) groups is 1. The van der Waals surface area contributed by atoms with Gasteiger partial charge in [-0.2, -0.15) is 0 Å². The Morgan fingerprint density at radius 1 is 1.08 bits per heavy atom. The number of hydrogen-bond donors (Lipinski definition) is 3. The van der Waals surface area contributed by atoms with Crippen molar-refractivity contribution in [3.63, 3.8) is 0 Å². The number of hydrogen-bond acceptors (Lipinski definition) is 3. The van der Waals surface area contributed by atoms with E-state index in [2.05, 4.69) is 41.6 Å². The van der Waals surface area contributed by atoms with Gasteiger partial charge < -0.3 is 20.5 Å². The maximum atomic E-state index is 10.8. The van der Waals surface area contributed by atoms with Crippen molar-refractivity contribution in [2.75, 3.05) is 20.2 Å². The lowest BCUT2D eigenvalue weighted by atomic mass is 9.93. The molecule has 0 saturated heterocycles. The summed E-state index contributed by atoms with van der Waals surface area (Å²) in [6, 6.07) is 8.17. The molecule has 0 spiro atoms. The largest absolute Gasteiger partial charge is 0.388 e. The number of nitrogens with zero attached hydrogens (tertiary/aromatic N) is 1. The van der Waals surface area contributed by atoms with Crippen LogP contribution in [0.15, 0.2) is 29.3 Å². The number of methoxy groups -OCH3 is 1. The zero-order valence-electron chi connectivity index (χ0n) is 16.3. The van der Waals surface area contributed by atoms with Crippen molar-refractivity contribution in [3.8, 4) is 0 Å². The van der Waals surface area contributed by atoms with E-state index in [0.717, 1.165) is 49.3 Å². The summed E-state index contributed by atoms with van der Waals surface area (Å²) in [5.41, 5.74) is 1.63. The first-order chi connectivity index (χ1) is 12.1. The topological polar surface area (TPSA) is 65.9 Å². The van der Waals surface area contributed by atoms with E-state index in [1.165, 1.54) is 0 Å². The van der Waals surface area contributed by atoms with E-state index in [1.807, 2.05) is 19.1 Å². The first kappa shape index (κ1) is 21.5. The Balaban J connectivity index is 2.77. The molecule has 5 nitrogen and oxygen atoms in total. The Hall–Kier alpha value is -1.59. The fourth-order valence-corrected chi connectivity index (χ4v) is 2.99. The molecule has 3 N–H and O–H groups in total. The molecule has 0 radical (unpaired) electrons. The third-order valence-corrected chi connectivity index (χ3v) is 4.19. The van der Waals surface area contributed by atoms with Gasteiger partial charge in [0, 0.05) is 20.2 Å². The van der Waals surface area contributed by atoms with Crippen molar-refractivity contribution in [1.29, 1.82) is 0 Å². The predicted octanol–water partition coefficient (Wildman–Crippen LogP) is 3.22. The molecule has 0 bridgehead atoms. The summed E-state index contributed by atoms with van der Waals surface area (Å²) in [5.74, 6) is 0.736. The SMILES string of the molecule is CCCC(O)(CCC)CNC(=NCc1ccccc1COC)NCC. The zero-order valence-corrected chi connectivity index (χ0v) is 16.3. The molecule has 0 saturated carbocycles. The molecule has 0 aliphatic heterocycles. The highest BCUT2D eigenvalue weighted by atomic mass is 16.5. The van der Waals surface area contributed by atoms with Crippen molar-refractivity contribution in [1.82, 2.24) is 10.6 Å². The van der Waals surface area contributed by atoms with Crippen LogP contribution in [0.25, 0.3) is 0 Å². The van der Waals surface area contributed by atoms with Gasteiger partial charge in [0.15, 0.2) is 5.96 Å². The highest BCUT2D eigenvalue weighted by Gasteiger charge is 2.24. The maximum absolute atomic E-state index is 10.8. The highest BCUT2D eigenvalue weighted by molar-refractivity contribution is 5.79. The van der Waals surface area contributed by atoms with Crippen LogP contribution in [0, 0.1) is 0 Å². The van der Waals surface area contributed by atoms with Crippen LogP contribution in [-0.4, -0.2) is 36.9 Å². The van der Waals surface area contributed by atoms with Crippen molar-refractivity contribution >= 4 is 5.96 Å². The lowest BCUT2D eigenvalue weighted by molar-refractivity contribution is 0.0257. The summed E-state index contributed by atoms with van der Waals surface area (Å²) in [5, 5.41) is 17.3. The van der Waals surface area contributed by atoms with Crippen LogP contribution in [0.5, 0.6) is 0 Å². The van der Waals surface area contributed by atoms with Gasteiger partial charge in [-0.1, -0.05) is 51.0 Å². The van der Waals surface area contributed by atoms with Crippen molar-refractivity contribution in [2.24, 2.45) is 4.99 Å². The van der Waals surface area contributed by atoms with Gasteiger partial charge in [-0.3, -0.25) is 0 Å². The molecule has 5 heteroatoms. The minimum atomic E-state index is -0.673. The van der Waals surface area contributed by atoms with Crippen LogP contribution in [0.2, 0.25) is 0 Å². The Labute approximate surface area is 152 Å². The van der Waals surface area contributed by atoms with Gasteiger partial charge in [-0.25, -0.2) is 4.99 Å². The molecule has 0 aliphatic rings. The number of ether oxygens (including phenoxy) is 1. The number of rotatable bonds is 11. The normalized spacial score (nSPS) is 12.3. The fraction of sp³-hybridized carbons (Fsp3) is 0.650. The minimum absolute atomic E-state index is 0.514. The summed E-state index contributed by atoms with van der Waals surface area (Å²) in [7, 11) is 1.70. The highest BCUT2D eigenvalue weighted by Crippen LogP contribution is 2.18.